The van der Waals surface area contributed by atoms with E-state index in [2.05, 4.69) is 34.8 Å². The van der Waals surface area contributed by atoms with E-state index in [9.17, 15) is 4.79 Å². The predicted octanol–water partition coefficient (Wildman–Crippen LogP) is 5.15. The van der Waals surface area contributed by atoms with Crippen LogP contribution in [0, 0.1) is 5.92 Å². The van der Waals surface area contributed by atoms with Gasteiger partial charge in [-0.15, -0.1) is 6.58 Å². The summed E-state index contributed by atoms with van der Waals surface area (Å²) in [4.78, 5) is 17.8. The molecule has 29 heavy (non-hydrogen) atoms. The van der Waals surface area contributed by atoms with Crippen LogP contribution in [0.4, 0.5) is 5.69 Å². The minimum atomic E-state index is -0.291. The van der Waals surface area contributed by atoms with Crippen LogP contribution < -0.4 is 4.90 Å². The quantitative estimate of drug-likeness (QED) is 0.307. The third-order valence-electron chi connectivity index (χ3n) is 6.03. The van der Waals surface area contributed by atoms with Gasteiger partial charge in [0.25, 0.3) is 0 Å². The zero-order valence-corrected chi connectivity index (χ0v) is 16.4. The predicted molar refractivity (Wildman–Crippen MR) is 113 cm³/mol. The van der Waals surface area contributed by atoms with Crippen molar-refractivity contribution in [2.24, 2.45) is 11.0 Å². The van der Waals surface area contributed by atoms with Crippen molar-refractivity contribution in [3.8, 4) is 0 Å². The summed E-state index contributed by atoms with van der Waals surface area (Å²) in [5.74, 6) is 0.115. The molecular formula is C23H24N4O2. The molecule has 0 spiro atoms. The number of azide groups is 1. The third-order valence-corrected chi connectivity index (χ3v) is 6.03. The van der Waals surface area contributed by atoms with E-state index >= 15 is 0 Å². The lowest BCUT2D eigenvalue weighted by Crippen LogP contribution is -2.44. The molecule has 2 aromatic rings. The molecule has 0 aromatic heterocycles. The number of benzene rings is 2. The molecule has 1 amide bonds. The summed E-state index contributed by atoms with van der Waals surface area (Å²) in [5, 5.41) is 4.07. The highest BCUT2D eigenvalue weighted by atomic mass is 16.5. The van der Waals surface area contributed by atoms with Crippen LogP contribution in [-0.2, 0) is 9.53 Å². The standard InChI is InChI=1S/C23H24N4O2/c1-3-13-29-23-19(25-26-24)14-18-21(23)17-11-7-8-12-20(17)27(15(2)28)22(18)16-9-5-4-6-10-16/h3-12,18-19,21-23H,1,13-14H2,2H3/t18-,19?,21-,22-,23+/m1/s1. The number of ether oxygens (including phenoxy) is 1. The molecule has 1 fully saturated rings. The molecule has 1 heterocycles. The summed E-state index contributed by atoms with van der Waals surface area (Å²) in [6.07, 6.45) is 2.12. The molecule has 148 valence electrons. The smallest absolute Gasteiger partial charge is 0.224 e. The Hall–Kier alpha value is -3.08. The van der Waals surface area contributed by atoms with Crippen molar-refractivity contribution in [2.75, 3.05) is 11.5 Å². The fraction of sp³-hybridized carbons (Fsp3) is 0.348. The minimum Gasteiger partial charge on any atom is -0.373 e. The van der Waals surface area contributed by atoms with Crippen LogP contribution in [0.25, 0.3) is 10.4 Å². The molecule has 6 heteroatoms. The van der Waals surface area contributed by atoms with E-state index in [1.54, 1.807) is 13.0 Å². The number of fused-ring (bicyclic) bond motifs is 3. The molecule has 5 atom stereocenters. The first kappa shape index (κ1) is 19.2. The number of carbonyl (C=O) groups is 1. The molecule has 6 nitrogen and oxygen atoms in total. The maximum absolute atomic E-state index is 12.8. The van der Waals surface area contributed by atoms with Crippen molar-refractivity contribution in [3.63, 3.8) is 0 Å². The van der Waals surface area contributed by atoms with Crippen molar-refractivity contribution in [2.45, 2.75) is 37.5 Å². The normalized spacial score (nSPS) is 27.5. The van der Waals surface area contributed by atoms with Gasteiger partial charge in [-0.1, -0.05) is 59.7 Å². The van der Waals surface area contributed by atoms with E-state index in [0.29, 0.717) is 13.0 Å². The maximum Gasteiger partial charge on any atom is 0.224 e. The Balaban J connectivity index is 1.90. The highest BCUT2D eigenvalue weighted by molar-refractivity contribution is 5.94. The number of rotatable bonds is 5. The first-order chi connectivity index (χ1) is 14.2. The van der Waals surface area contributed by atoms with Crippen LogP contribution in [0.2, 0.25) is 0 Å². The molecule has 0 saturated heterocycles. The summed E-state index contributed by atoms with van der Waals surface area (Å²) in [6.45, 7) is 5.76. The van der Waals surface area contributed by atoms with Gasteiger partial charge in [0, 0.05) is 23.4 Å². The van der Waals surface area contributed by atoms with Gasteiger partial charge >= 0.3 is 0 Å². The van der Waals surface area contributed by atoms with E-state index in [0.717, 1.165) is 16.8 Å². The number of amides is 1. The van der Waals surface area contributed by atoms with Crippen molar-refractivity contribution in [1.82, 2.24) is 0 Å². The van der Waals surface area contributed by atoms with Crippen LogP contribution >= 0.6 is 0 Å². The number of hydrogen-bond donors (Lipinski definition) is 0. The molecule has 1 saturated carbocycles. The number of anilines is 1. The lowest BCUT2D eigenvalue weighted by Gasteiger charge is -2.45. The molecule has 1 aliphatic carbocycles. The first-order valence-electron chi connectivity index (χ1n) is 9.87. The fourth-order valence-electron chi connectivity index (χ4n) is 5.09. The Labute approximate surface area is 170 Å². The van der Waals surface area contributed by atoms with E-state index < -0.39 is 0 Å². The van der Waals surface area contributed by atoms with Crippen molar-refractivity contribution >= 4 is 11.6 Å². The Kier molecular flexibility index (Phi) is 5.38. The fourth-order valence-corrected chi connectivity index (χ4v) is 5.09. The van der Waals surface area contributed by atoms with Crippen LogP contribution in [0.5, 0.6) is 0 Å². The van der Waals surface area contributed by atoms with E-state index in [4.69, 9.17) is 10.3 Å². The Bertz CT molecular complexity index is 954. The zero-order chi connectivity index (χ0) is 20.4. The second-order valence-electron chi connectivity index (χ2n) is 7.59. The largest absolute Gasteiger partial charge is 0.373 e. The molecule has 0 bridgehead atoms. The van der Waals surface area contributed by atoms with Crippen LogP contribution in [-0.4, -0.2) is 24.7 Å². The zero-order valence-electron chi connectivity index (χ0n) is 16.4. The molecule has 4 rings (SSSR count). The highest BCUT2D eigenvalue weighted by Crippen LogP contribution is 2.56. The van der Waals surface area contributed by atoms with Crippen molar-refractivity contribution < 1.29 is 9.53 Å². The lowest BCUT2D eigenvalue weighted by molar-refractivity contribution is -0.117. The Morgan fingerprint density at radius 2 is 2.00 bits per heavy atom. The van der Waals surface area contributed by atoms with Crippen LogP contribution in [0.15, 0.2) is 72.4 Å². The van der Waals surface area contributed by atoms with Gasteiger partial charge in [0.2, 0.25) is 5.91 Å². The monoisotopic (exact) mass is 388 g/mol. The highest BCUT2D eigenvalue weighted by Gasteiger charge is 2.53. The second-order valence-corrected chi connectivity index (χ2v) is 7.59. The number of para-hydroxylation sites is 1. The van der Waals surface area contributed by atoms with E-state index in [1.165, 1.54) is 0 Å². The summed E-state index contributed by atoms with van der Waals surface area (Å²) in [7, 11) is 0. The lowest BCUT2D eigenvalue weighted by atomic mass is 9.75. The van der Waals surface area contributed by atoms with E-state index in [1.807, 2.05) is 41.3 Å². The van der Waals surface area contributed by atoms with Crippen LogP contribution in [0.1, 0.15) is 36.4 Å². The Morgan fingerprint density at radius 3 is 2.69 bits per heavy atom. The molecule has 2 aromatic carbocycles. The number of carbonyl (C=O) groups excluding carboxylic acids is 1. The summed E-state index contributed by atoms with van der Waals surface area (Å²) in [6, 6.07) is 17.7. The molecule has 0 N–H and O–H groups in total. The van der Waals surface area contributed by atoms with Gasteiger partial charge in [0.1, 0.15) is 0 Å². The van der Waals surface area contributed by atoms with Crippen LogP contribution in [0.3, 0.4) is 0 Å². The number of hydrogen-bond acceptors (Lipinski definition) is 3. The topological polar surface area (TPSA) is 78.3 Å². The molecule has 1 unspecified atom stereocenters. The molecule has 1 aliphatic heterocycles. The van der Waals surface area contributed by atoms with Crippen molar-refractivity contribution in [3.05, 3.63) is 88.8 Å². The molecular weight excluding hydrogens is 364 g/mol. The van der Waals surface area contributed by atoms with E-state index in [-0.39, 0.29) is 35.9 Å². The average molecular weight is 388 g/mol. The number of nitrogens with zero attached hydrogens (tertiary/aromatic N) is 4. The van der Waals surface area contributed by atoms with Gasteiger partial charge in [-0.3, -0.25) is 4.79 Å². The van der Waals surface area contributed by atoms with Gasteiger partial charge in [0.15, 0.2) is 0 Å². The maximum atomic E-state index is 12.8. The first-order valence-corrected chi connectivity index (χ1v) is 9.87. The van der Waals surface area contributed by atoms with Crippen molar-refractivity contribution in [1.29, 1.82) is 0 Å². The third kappa shape index (κ3) is 3.31. The van der Waals surface area contributed by atoms with Gasteiger partial charge < -0.3 is 9.64 Å². The Morgan fingerprint density at radius 1 is 1.28 bits per heavy atom. The minimum absolute atomic E-state index is 0.000507. The second kappa shape index (κ2) is 8.11. The average Bonchev–Trinajstić information content (AvgIpc) is 3.10. The summed E-state index contributed by atoms with van der Waals surface area (Å²) < 4.78 is 6.14. The van der Waals surface area contributed by atoms with Gasteiger partial charge in [0.05, 0.1) is 24.8 Å². The van der Waals surface area contributed by atoms with Gasteiger partial charge in [-0.05, 0) is 35.1 Å². The summed E-state index contributed by atoms with van der Waals surface area (Å²) in [5.41, 5.74) is 12.2. The van der Waals surface area contributed by atoms with Gasteiger partial charge in [-0.25, -0.2) is 0 Å². The summed E-state index contributed by atoms with van der Waals surface area (Å²) >= 11 is 0. The molecule has 2 aliphatic rings. The SMILES string of the molecule is C=CCO[C@H]1C(N=[N+]=[N-])C[C@@H]2[C@H]1c1ccccc1N(C(C)=O)[C@@H]2c1ccccc1. The molecule has 0 radical (unpaired) electrons. The van der Waals surface area contributed by atoms with Gasteiger partial charge in [-0.2, -0.15) is 0 Å².